The van der Waals surface area contributed by atoms with Crippen LogP contribution in [0, 0.1) is 0 Å². The first kappa shape index (κ1) is 16.4. The van der Waals surface area contributed by atoms with Gasteiger partial charge in [0.25, 0.3) is 5.91 Å². The van der Waals surface area contributed by atoms with Crippen molar-refractivity contribution < 1.29 is 23.8 Å². The molecule has 1 aromatic heterocycles. The Labute approximate surface area is 153 Å². The quantitative estimate of drug-likeness (QED) is 0.713. The van der Waals surface area contributed by atoms with E-state index >= 15 is 0 Å². The third-order valence-corrected chi connectivity index (χ3v) is 4.88. The van der Waals surface area contributed by atoms with E-state index in [9.17, 15) is 9.59 Å². The summed E-state index contributed by atoms with van der Waals surface area (Å²) in [5.74, 6) is 0.293. The number of nitrogens with one attached hydrogen (secondary N) is 1. The minimum Gasteiger partial charge on any atom is -0.486 e. The molecule has 132 valence electrons. The topological polar surface area (TPSA) is 73.9 Å². The highest BCUT2D eigenvalue weighted by molar-refractivity contribution is 7.20. The van der Waals surface area contributed by atoms with Gasteiger partial charge in [0, 0.05) is 16.5 Å². The van der Waals surface area contributed by atoms with Crippen LogP contribution in [0.15, 0.2) is 48.5 Å². The second-order valence-corrected chi connectivity index (χ2v) is 6.72. The lowest BCUT2D eigenvalue weighted by Gasteiger charge is -2.18. The predicted octanol–water partition coefficient (Wildman–Crippen LogP) is 3.47. The van der Waals surface area contributed by atoms with Crippen molar-refractivity contribution in [2.75, 3.05) is 25.1 Å². The first-order chi connectivity index (χ1) is 12.7. The number of carbonyl (C=O) groups is 2. The Morgan fingerprint density at radius 2 is 1.85 bits per heavy atom. The summed E-state index contributed by atoms with van der Waals surface area (Å²) in [6.45, 7) is 0.616. The third-order valence-electron chi connectivity index (χ3n) is 3.79. The average molecular weight is 369 g/mol. The van der Waals surface area contributed by atoms with Crippen molar-refractivity contribution >= 4 is 39.0 Å². The van der Waals surface area contributed by atoms with E-state index in [4.69, 9.17) is 14.2 Å². The molecule has 0 fully saturated rings. The number of ether oxygens (including phenoxy) is 3. The van der Waals surface area contributed by atoms with Crippen LogP contribution in [0.4, 0.5) is 5.69 Å². The highest BCUT2D eigenvalue weighted by Crippen LogP contribution is 2.32. The van der Waals surface area contributed by atoms with E-state index in [0.29, 0.717) is 35.3 Å². The van der Waals surface area contributed by atoms with Gasteiger partial charge in [0.2, 0.25) is 0 Å². The molecule has 0 aliphatic carbocycles. The lowest BCUT2D eigenvalue weighted by molar-refractivity contribution is -0.119. The van der Waals surface area contributed by atoms with Crippen molar-refractivity contribution in [2.45, 2.75) is 0 Å². The van der Waals surface area contributed by atoms with Gasteiger partial charge in [-0.1, -0.05) is 18.2 Å². The number of hydrogen-bond acceptors (Lipinski definition) is 6. The van der Waals surface area contributed by atoms with Crippen LogP contribution in [-0.2, 0) is 9.53 Å². The highest BCUT2D eigenvalue weighted by atomic mass is 32.1. The van der Waals surface area contributed by atoms with E-state index in [2.05, 4.69) is 5.32 Å². The number of esters is 1. The summed E-state index contributed by atoms with van der Waals surface area (Å²) >= 11 is 1.34. The normalized spacial score (nSPS) is 12.6. The van der Waals surface area contributed by atoms with Crippen LogP contribution in [0.1, 0.15) is 9.67 Å². The van der Waals surface area contributed by atoms with Crippen LogP contribution in [0.5, 0.6) is 11.5 Å². The number of amides is 1. The zero-order valence-corrected chi connectivity index (χ0v) is 14.5. The lowest BCUT2D eigenvalue weighted by Crippen LogP contribution is -2.21. The van der Waals surface area contributed by atoms with Gasteiger partial charge in [-0.25, -0.2) is 4.79 Å². The fourth-order valence-corrected chi connectivity index (χ4v) is 3.56. The monoisotopic (exact) mass is 369 g/mol. The van der Waals surface area contributed by atoms with Crippen molar-refractivity contribution in [1.29, 1.82) is 0 Å². The number of rotatable bonds is 4. The molecule has 6 nitrogen and oxygen atoms in total. The maximum atomic E-state index is 12.1. The zero-order chi connectivity index (χ0) is 17.9. The fraction of sp³-hybridized carbons (Fsp3) is 0.158. The Kier molecular flexibility index (Phi) is 4.45. The standard InChI is InChI=1S/C19H15NO5S/c21-18(20-13-5-6-14-15(10-13)24-8-7-23-14)11-25-19(22)17-9-12-3-1-2-4-16(12)26-17/h1-6,9-10H,7-8,11H2,(H,20,21). The molecule has 1 amide bonds. The van der Waals surface area contributed by atoms with Crippen molar-refractivity contribution in [3.05, 3.63) is 53.4 Å². The molecular weight excluding hydrogens is 354 g/mol. The fourth-order valence-electron chi connectivity index (χ4n) is 2.60. The van der Waals surface area contributed by atoms with E-state index in [1.165, 1.54) is 11.3 Å². The molecule has 2 aromatic carbocycles. The molecule has 0 bridgehead atoms. The molecule has 2 heterocycles. The maximum absolute atomic E-state index is 12.1. The minimum absolute atomic E-state index is 0.360. The van der Waals surface area contributed by atoms with Gasteiger partial charge in [0.15, 0.2) is 18.1 Å². The van der Waals surface area contributed by atoms with Gasteiger partial charge >= 0.3 is 5.97 Å². The number of fused-ring (bicyclic) bond motifs is 2. The SMILES string of the molecule is O=C(COC(=O)c1cc2ccccc2s1)Nc1ccc2c(c1)OCCO2. The van der Waals surface area contributed by atoms with E-state index in [1.54, 1.807) is 24.3 Å². The minimum atomic E-state index is -0.511. The molecule has 0 radical (unpaired) electrons. The van der Waals surface area contributed by atoms with E-state index in [0.717, 1.165) is 10.1 Å². The van der Waals surface area contributed by atoms with E-state index < -0.39 is 11.9 Å². The van der Waals surface area contributed by atoms with Gasteiger partial charge in [0.1, 0.15) is 18.1 Å². The summed E-state index contributed by atoms with van der Waals surface area (Å²) in [4.78, 5) is 24.6. The van der Waals surface area contributed by atoms with Crippen LogP contribution in [0.25, 0.3) is 10.1 Å². The molecule has 4 rings (SSSR count). The van der Waals surface area contributed by atoms with Gasteiger partial charge in [-0.2, -0.15) is 0 Å². The van der Waals surface area contributed by atoms with E-state index in [1.807, 2.05) is 24.3 Å². The summed E-state index contributed by atoms with van der Waals surface area (Å²) in [6, 6.07) is 14.6. The van der Waals surface area contributed by atoms with Gasteiger partial charge in [-0.15, -0.1) is 11.3 Å². The largest absolute Gasteiger partial charge is 0.486 e. The summed E-state index contributed by atoms with van der Waals surface area (Å²) in [5, 5.41) is 3.65. The van der Waals surface area contributed by atoms with Gasteiger partial charge in [-0.3, -0.25) is 4.79 Å². The van der Waals surface area contributed by atoms with Crippen molar-refractivity contribution in [3.63, 3.8) is 0 Å². The molecular formula is C19H15NO5S. The molecule has 1 aliphatic rings. The first-order valence-corrected chi connectivity index (χ1v) is 8.86. The van der Waals surface area contributed by atoms with Gasteiger partial charge < -0.3 is 19.5 Å². The molecule has 26 heavy (non-hydrogen) atoms. The predicted molar refractivity (Wildman–Crippen MR) is 98.2 cm³/mol. The molecule has 3 aromatic rings. The Bertz CT molecular complexity index is 948. The summed E-state index contributed by atoms with van der Waals surface area (Å²) in [6.07, 6.45) is 0. The Morgan fingerprint density at radius 1 is 1.04 bits per heavy atom. The maximum Gasteiger partial charge on any atom is 0.348 e. The van der Waals surface area contributed by atoms with Crippen LogP contribution >= 0.6 is 11.3 Å². The summed E-state index contributed by atoms with van der Waals surface area (Å²) in [5.41, 5.74) is 0.553. The molecule has 7 heteroatoms. The lowest BCUT2D eigenvalue weighted by atomic mass is 10.2. The van der Waals surface area contributed by atoms with Crippen LogP contribution < -0.4 is 14.8 Å². The summed E-state index contributed by atoms with van der Waals surface area (Å²) < 4.78 is 17.0. The van der Waals surface area contributed by atoms with Crippen LogP contribution in [-0.4, -0.2) is 31.7 Å². The molecule has 0 unspecified atom stereocenters. The van der Waals surface area contributed by atoms with Crippen LogP contribution in [0.3, 0.4) is 0 Å². The van der Waals surface area contributed by atoms with Crippen LogP contribution in [0.2, 0.25) is 0 Å². The second kappa shape index (κ2) is 7.05. The molecule has 0 spiro atoms. The summed E-state index contributed by atoms with van der Waals surface area (Å²) in [7, 11) is 0. The zero-order valence-electron chi connectivity index (χ0n) is 13.7. The molecule has 1 aliphatic heterocycles. The second-order valence-electron chi connectivity index (χ2n) is 5.63. The smallest absolute Gasteiger partial charge is 0.348 e. The van der Waals surface area contributed by atoms with E-state index in [-0.39, 0.29) is 6.61 Å². The Hall–Kier alpha value is -3.06. The first-order valence-electron chi connectivity index (χ1n) is 8.04. The molecule has 0 atom stereocenters. The molecule has 1 N–H and O–H groups in total. The number of thiophene rings is 1. The van der Waals surface area contributed by atoms with Gasteiger partial charge in [0.05, 0.1) is 0 Å². The number of carbonyl (C=O) groups excluding carboxylic acids is 2. The Morgan fingerprint density at radius 3 is 2.69 bits per heavy atom. The average Bonchev–Trinajstić information content (AvgIpc) is 3.10. The molecule has 0 saturated heterocycles. The number of anilines is 1. The van der Waals surface area contributed by atoms with Gasteiger partial charge in [-0.05, 0) is 29.7 Å². The Balaban J connectivity index is 1.35. The highest BCUT2D eigenvalue weighted by Gasteiger charge is 2.15. The van der Waals surface area contributed by atoms with Crippen molar-refractivity contribution in [2.24, 2.45) is 0 Å². The van der Waals surface area contributed by atoms with Crippen molar-refractivity contribution in [1.82, 2.24) is 0 Å². The third kappa shape index (κ3) is 3.48. The number of hydrogen-bond donors (Lipinski definition) is 1. The molecule has 0 saturated carbocycles. The van der Waals surface area contributed by atoms with Crippen molar-refractivity contribution in [3.8, 4) is 11.5 Å². The number of benzene rings is 2.